The number of unbranched alkanes of at least 4 members (excludes halogenated alkanes) is 12. The summed E-state index contributed by atoms with van der Waals surface area (Å²) in [5, 5.41) is 18.5. The lowest BCUT2D eigenvalue weighted by Gasteiger charge is -2.40. The number of carboxylic acid groups (broad SMARTS) is 2. The van der Waals surface area contributed by atoms with Gasteiger partial charge in [0.1, 0.15) is 12.1 Å². The maximum atomic E-state index is 11.7. The van der Waals surface area contributed by atoms with Gasteiger partial charge in [0.05, 0.1) is 25.4 Å². The summed E-state index contributed by atoms with van der Waals surface area (Å²) in [5.41, 5.74) is -1.13. The summed E-state index contributed by atoms with van der Waals surface area (Å²) in [7, 11) is 0. The van der Waals surface area contributed by atoms with Crippen molar-refractivity contribution < 1.29 is 30.0 Å². The molecule has 196 valence electrons. The van der Waals surface area contributed by atoms with E-state index in [2.05, 4.69) is 23.8 Å². The molecule has 8 heteroatoms. The standard InChI is InChI=1S/C26H44N2O5.H2O/c1-3-4-5-6-7-8-9-10-11-12-13-14-15-16-17-26(20-24(29)30,28-19-18-27-22-28)23(2)33-21-25(31)32;/h22-23H,3-15,18-21H2,1-2H3,(H,29,30)(H,31,32);1H2. The van der Waals surface area contributed by atoms with E-state index >= 15 is 0 Å². The molecule has 1 heterocycles. The second-order valence-electron chi connectivity index (χ2n) is 9.00. The number of hydrogen-bond donors (Lipinski definition) is 2. The van der Waals surface area contributed by atoms with Gasteiger partial charge in [0.15, 0.2) is 0 Å². The summed E-state index contributed by atoms with van der Waals surface area (Å²) >= 11 is 0. The number of nitrogens with zero attached hydrogens (tertiary/aromatic N) is 2. The molecular formula is C26H46N2O6. The van der Waals surface area contributed by atoms with Gasteiger partial charge in [-0.25, -0.2) is 4.79 Å². The second kappa shape index (κ2) is 19.2. The van der Waals surface area contributed by atoms with Crippen LogP contribution in [0.4, 0.5) is 0 Å². The zero-order valence-electron chi connectivity index (χ0n) is 21.2. The first-order valence-corrected chi connectivity index (χ1v) is 12.7. The third kappa shape index (κ3) is 13.0. The zero-order chi connectivity index (χ0) is 24.4. The molecule has 0 bridgehead atoms. The van der Waals surface area contributed by atoms with Gasteiger partial charge in [-0.3, -0.25) is 9.79 Å². The Hall–Kier alpha value is -2.11. The number of carbonyl (C=O) groups is 2. The van der Waals surface area contributed by atoms with Crippen LogP contribution in [0.25, 0.3) is 0 Å². The van der Waals surface area contributed by atoms with Crippen LogP contribution < -0.4 is 0 Å². The molecule has 0 saturated heterocycles. The van der Waals surface area contributed by atoms with E-state index in [9.17, 15) is 14.7 Å². The molecule has 34 heavy (non-hydrogen) atoms. The highest BCUT2D eigenvalue weighted by atomic mass is 16.5. The van der Waals surface area contributed by atoms with Crippen molar-refractivity contribution in [2.45, 2.75) is 115 Å². The molecular weight excluding hydrogens is 436 g/mol. The first-order chi connectivity index (χ1) is 15.9. The van der Waals surface area contributed by atoms with E-state index in [0.717, 1.165) is 12.8 Å². The Kier molecular flexibility index (Phi) is 18.0. The minimum absolute atomic E-state index is 0. The third-order valence-electron chi connectivity index (χ3n) is 6.21. The molecule has 0 amide bonds. The molecule has 0 fully saturated rings. The van der Waals surface area contributed by atoms with Crippen molar-refractivity contribution in [1.82, 2.24) is 4.90 Å². The Balaban J connectivity index is 0.0000109. The van der Waals surface area contributed by atoms with Crippen molar-refractivity contribution in [3.05, 3.63) is 0 Å². The van der Waals surface area contributed by atoms with Crippen LogP contribution >= 0.6 is 0 Å². The molecule has 0 aliphatic carbocycles. The lowest BCUT2D eigenvalue weighted by molar-refractivity contribution is -0.147. The molecule has 0 saturated carbocycles. The number of ether oxygens (including phenoxy) is 1. The Bertz CT molecular complexity index is 657. The van der Waals surface area contributed by atoms with Crippen molar-refractivity contribution in [1.29, 1.82) is 0 Å². The van der Waals surface area contributed by atoms with Crippen LogP contribution in [0.15, 0.2) is 4.99 Å². The normalized spacial score (nSPS) is 15.2. The van der Waals surface area contributed by atoms with Gasteiger partial charge in [0.25, 0.3) is 0 Å². The van der Waals surface area contributed by atoms with Crippen molar-refractivity contribution >= 4 is 18.3 Å². The summed E-state index contributed by atoms with van der Waals surface area (Å²) in [6, 6.07) is 0. The summed E-state index contributed by atoms with van der Waals surface area (Å²) in [6.45, 7) is 4.55. The average Bonchev–Trinajstić information content (AvgIpc) is 3.32. The molecule has 8 nitrogen and oxygen atoms in total. The third-order valence-corrected chi connectivity index (χ3v) is 6.21. The SMILES string of the molecule is CCCCCCCCCCCCCCC#CC(CC(=O)O)(C(C)OCC(=O)O)N1C=NCC1.O. The Morgan fingerprint density at radius 1 is 1.00 bits per heavy atom. The predicted octanol–water partition coefficient (Wildman–Crippen LogP) is 4.30. The lowest BCUT2D eigenvalue weighted by atomic mass is 9.87. The predicted molar refractivity (Wildman–Crippen MR) is 135 cm³/mol. The van der Waals surface area contributed by atoms with E-state index in [0.29, 0.717) is 19.5 Å². The molecule has 2 unspecified atom stereocenters. The van der Waals surface area contributed by atoms with E-state index in [1.165, 1.54) is 64.2 Å². The van der Waals surface area contributed by atoms with E-state index < -0.39 is 30.2 Å². The van der Waals surface area contributed by atoms with E-state index in [1.54, 1.807) is 18.2 Å². The van der Waals surface area contributed by atoms with Crippen LogP contribution in [-0.2, 0) is 14.3 Å². The molecule has 1 aliphatic heterocycles. The van der Waals surface area contributed by atoms with Crippen molar-refractivity contribution in [2.24, 2.45) is 4.99 Å². The number of hydrogen-bond acceptors (Lipinski definition) is 5. The van der Waals surface area contributed by atoms with Crippen molar-refractivity contribution in [2.75, 3.05) is 19.7 Å². The fourth-order valence-electron chi connectivity index (χ4n) is 4.21. The molecule has 2 atom stereocenters. The van der Waals surface area contributed by atoms with Crippen LogP contribution in [0.5, 0.6) is 0 Å². The summed E-state index contributed by atoms with van der Waals surface area (Å²) in [6.07, 6.45) is 16.7. The van der Waals surface area contributed by atoms with Crippen LogP contribution in [0.3, 0.4) is 0 Å². The van der Waals surface area contributed by atoms with Gasteiger partial charge < -0.3 is 25.3 Å². The molecule has 0 aromatic heterocycles. The number of carboxylic acids is 2. The molecule has 4 N–H and O–H groups in total. The van der Waals surface area contributed by atoms with E-state index in [4.69, 9.17) is 9.84 Å². The fraction of sp³-hybridized carbons (Fsp3) is 0.808. The van der Waals surface area contributed by atoms with E-state index in [1.807, 2.05) is 0 Å². The average molecular weight is 483 g/mol. The van der Waals surface area contributed by atoms with Crippen molar-refractivity contribution in [3.63, 3.8) is 0 Å². The fourth-order valence-corrected chi connectivity index (χ4v) is 4.21. The highest BCUT2D eigenvalue weighted by molar-refractivity contribution is 5.72. The van der Waals surface area contributed by atoms with Crippen LogP contribution in [0.2, 0.25) is 0 Å². The summed E-state index contributed by atoms with van der Waals surface area (Å²) in [5.74, 6) is 4.23. The van der Waals surface area contributed by atoms with Gasteiger partial charge in [-0.1, -0.05) is 83.5 Å². The monoisotopic (exact) mass is 482 g/mol. The summed E-state index contributed by atoms with van der Waals surface area (Å²) < 4.78 is 5.48. The van der Waals surface area contributed by atoms with Crippen LogP contribution in [0.1, 0.15) is 104 Å². The van der Waals surface area contributed by atoms with Crippen molar-refractivity contribution in [3.8, 4) is 11.8 Å². The van der Waals surface area contributed by atoms with Gasteiger partial charge in [0.2, 0.25) is 0 Å². The largest absolute Gasteiger partial charge is 0.481 e. The highest BCUT2D eigenvalue weighted by Gasteiger charge is 2.43. The Labute approximate surface area is 205 Å². The minimum Gasteiger partial charge on any atom is -0.481 e. The molecule has 1 aliphatic rings. The maximum absolute atomic E-state index is 11.7. The van der Waals surface area contributed by atoms with Crippen LogP contribution in [-0.4, -0.2) is 70.2 Å². The minimum atomic E-state index is -1.13. The van der Waals surface area contributed by atoms with Crippen LogP contribution in [0, 0.1) is 11.8 Å². The zero-order valence-corrected chi connectivity index (χ0v) is 21.2. The maximum Gasteiger partial charge on any atom is 0.329 e. The Morgan fingerprint density at radius 2 is 1.56 bits per heavy atom. The van der Waals surface area contributed by atoms with Gasteiger partial charge in [-0.15, -0.1) is 5.92 Å². The summed E-state index contributed by atoms with van der Waals surface area (Å²) in [4.78, 5) is 28.6. The van der Waals surface area contributed by atoms with Gasteiger partial charge in [0, 0.05) is 13.0 Å². The van der Waals surface area contributed by atoms with Gasteiger partial charge in [-0.2, -0.15) is 0 Å². The topological polar surface area (TPSA) is 131 Å². The van der Waals surface area contributed by atoms with Gasteiger partial charge in [-0.05, 0) is 13.3 Å². The van der Waals surface area contributed by atoms with Gasteiger partial charge >= 0.3 is 11.9 Å². The molecule has 1 rings (SSSR count). The van der Waals surface area contributed by atoms with E-state index in [-0.39, 0.29) is 11.9 Å². The highest BCUT2D eigenvalue weighted by Crippen LogP contribution is 2.27. The first kappa shape index (κ1) is 31.9. The number of aliphatic carboxylic acids is 2. The number of rotatable bonds is 19. The Morgan fingerprint density at radius 3 is 2.03 bits per heavy atom. The second-order valence-corrected chi connectivity index (χ2v) is 9.00. The molecule has 0 radical (unpaired) electrons. The quantitative estimate of drug-likeness (QED) is 0.208. The first-order valence-electron chi connectivity index (χ1n) is 12.7. The molecule has 0 aromatic rings. The molecule has 0 aromatic carbocycles. The lowest BCUT2D eigenvalue weighted by Crippen LogP contribution is -2.56. The smallest absolute Gasteiger partial charge is 0.329 e. The number of aliphatic imine (C=N–C) groups is 1. The molecule has 0 spiro atoms.